The zero-order valence-corrected chi connectivity index (χ0v) is 11.9. The number of fused-ring (bicyclic) bond motifs is 1. The molecule has 1 N–H and O–H groups in total. The van der Waals surface area contributed by atoms with Crippen LogP contribution in [0.15, 0.2) is 60.7 Å². The van der Waals surface area contributed by atoms with Crippen molar-refractivity contribution in [3.05, 3.63) is 77.4 Å². The van der Waals surface area contributed by atoms with Crippen LogP contribution in [-0.2, 0) is 6.54 Å². The van der Waals surface area contributed by atoms with Gasteiger partial charge in [-0.1, -0.05) is 48.5 Å². The molecule has 2 heteroatoms. The van der Waals surface area contributed by atoms with E-state index in [1.807, 2.05) is 31.2 Å². The van der Waals surface area contributed by atoms with Crippen molar-refractivity contribution in [3.63, 3.8) is 0 Å². The summed E-state index contributed by atoms with van der Waals surface area (Å²) >= 11 is 0. The van der Waals surface area contributed by atoms with Crippen LogP contribution in [0.25, 0.3) is 10.8 Å². The molecule has 3 aromatic carbocycles. The van der Waals surface area contributed by atoms with E-state index in [1.165, 1.54) is 16.3 Å². The largest absolute Gasteiger partial charge is 0.380 e. The Balaban J connectivity index is 1.89. The van der Waals surface area contributed by atoms with Gasteiger partial charge in [0.1, 0.15) is 6.07 Å². The molecule has 2 nitrogen and oxygen atoms in total. The molecule has 0 atom stereocenters. The predicted molar refractivity (Wildman–Crippen MR) is 87.2 cm³/mol. The minimum Gasteiger partial charge on any atom is -0.380 e. The Morgan fingerprint density at radius 2 is 1.81 bits per heavy atom. The lowest BCUT2D eigenvalue weighted by atomic mass is 10.0. The number of benzene rings is 3. The highest BCUT2D eigenvalue weighted by Gasteiger charge is 2.04. The number of nitrogens with zero attached hydrogens (tertiary/aromatic N) is 1. The fraction of sp³-hybridized carbons (Fsp3) is 0.105. The molecule has 0 radical (unpaired) electrons. The van der Waals surface area contributed by atoms with Gasteiger partial charge in [0.2, 0.25) is 0 Å². The van der Waals surface area contributed by atoms with E-state index in [0.717, 1.165) is 11.3 Å². The molecule has 0 fully saturated rings. The second kappa shape index (κ2) is 5.68. The minimum absolute atomic E-state index is 0.690. The van der Waals surface area contributed by atoms with Crippen molar-refractivity contribution in [2.45, 2.75) is 13.5 Å². The van der Waals surface area contributed by atoms with Gasteiger partial charge in [-0.05, 0) is 41.0 Å². The molecule has 0 aromatic heterocycles. The summed E-state index contributed by atoms with van der Waals surface area (Å²) in [6.07, 6.45) is 0. The average molecular weight is 272 g/mol. The smallest absolute Gasteiger partial charge is 0.101 e. The van der Waals surface area contributed by atoms with Crippen molar-refractivity contribution in [2.24, 2.45) is 0 Å². The summed E-state index contributed by atoms with van der Waals surface area (Å²) < 4.78 is 0. The van der Waals surface area contributed by atoms with Gasteiger partial charge in [0.15, 0.2) is 0 Å². The van der Waals surface area contributed by atoms with E-state index in [-0.39, 0.29) is 0 Å². The Bertz CT molecular complexity index is 823. The zero-order valence-electron chi connectivity index (χ0n) is 11.9. The summed E-state index contributed by atoms with van der Waals surface area (Å²) in [7, 11) is 0. The lowest BCUT2D eigenvalue weighted by Crippen LogP contribution is -2.02. The van der Waals surface area contributed by atoms with E-state index >= 15 is 0 Å². The van der Waals surface area contributed by atoms with Crippen LogP contribution in [0.1, 0.15) is 16.7 Å². The first-order valence-corrected chi connectivity index (χ1v) is 6.99. The second-order valence-corrected chi connectivity index (χ2v) is 5.15. The van der Waals surface area contributed by atoms with Crippen LogP contribution in [0.4, 0.5) is 5.69 Å². The number of hydrogen-bond acceptors (Lipinski definition) is 2. The number of aryl methyl sites for hydroxylation is 1. The molecule has 0 amide bonds. The Morgan fingerprint density at radius 1 is 1.00 bits per heavy atom. The first kappa shape index (κ1) is 13.2. The topological polar surface area (TPSA) is 35.8 Å². The Labute approximate surface area is 124 Å². The van der Waals surface area contributed by atoms with Crippen molar-refractivity contribution < 1.29 is 0 Å². The summed E-state index contributed by atoms with van der Waals surface area (Å²) in [5.74, 6) is 0. The molecule has 0 aliphatic carbocycles. The van der Waals surface area contributed by atoms with Crippen molar-refractivity contribution in [1.82, 2.24) is 0 Å². The molecule has 0 heterocycles. The molecular formula is C19H16N2. The maximum Gasteiger partial charge on any atom is 0.101 e. The van der Waals surface area contributed by atoms with E-state index in [1.54, 1.807) is 0 Å². The molecule has 0 aliphatic heterocycles. The third-order valence-corrected chi connectivity index (χ3v) is 3.64. The van der Waals surface area contributed by atoms with Crippen molar-refractivity contribution in [3.8, 4) is 6.07 Å². The molecule has 3 rings (SSSR count). The molecule has 0 spiro atoms. The summed E-state index contributed by atoms with van der Waals surface area (Å²) in [6, 6.07) is 22.8. The number of rotatable bonds is 3. The van der Waals surface area contributed by atoms with Crippen LogP contribution in [0.3, 0.4) is 0 Å². The van der Waals surface area contributed by atoms with Crippen LogP contribution in [0.2, 0.25) is 0 Å². The van der Waals surface area contributed by atoms with E-state index in [4.69, 9.17) is 0 Å². The van der Waals surface area contributed by atoms with Gasteiger partial charge in [-0.3, -0.25) is 0 Å². The standard InChI is InChI=1S/C19H16N2/c1-14-9-10-19(17(11-14)12-20)21-13-16-7-4-6-15-5-2-3-8-18(15)16/h2-11,21H,13H2,1H3. The lowest BCUT2D eigenvalue weighted by molar-refractivity contribution is 1.16. The van der Waals surface area contributed by atoms with Gasteiger partial charge in [-0.15, -0.1) is 0 Å². The highest BCUT2D eigenvalue weighted by Crippen LogP contribution is 2.21. The fourth-order valence-electron chi connectivity index (χ4n) is 2.54. The van der Waals surface area contributed by atoms with Crippen LogP contribution < -0.4 is 5.32 Å². The summed E-state index contributed by atoms with van der Waals surface area (Å²) in [5.41, 5.74) is 3.91. The predicted octanol–water partition coefficient (Wildman–Crippen LogP) is 4.63. The molecular weight excluding hydrogens is 256 g/mol. The van der Waals surface area contributed by atoms with E-state index in [9.17, 15) is 5.26 Å². The van der Waals surface area contributed by atoms with E-state index in [0.29, 0.717) is 12.1 Å². The van der Waals surface area contributed by atoms with E-state index < -0.39 is 0 Å². The van der Waals surface area contributed by atoms with Crippen LogP contribution in [0.5, 0.6) is 0 Å². The molecule has 0 unspecified atom stereocenters. The van der Waals surface area contributed by atoms with Gasteiger partial charge in [0, 0.05) is 6.54 Å². The van der Waals surface area contributed by atoms with Gasteiger partial charge >= 0.3 is 0 Å². The lowest BCUT2D eigenvalue weighted by Gasteiger charge is -2.11. The third-order valence-electron chi connectivity index (χ3n) is 3.64. The zero-order chi connectivity index (χ0) is 14.7. The molecule has 3 aromatic rings. The monoisotopic (exact) mass is 272 g/mol. The second-order valence-electron chi connectivity index (χ2n) is 5.15. The van der Waals surface area contributed by atoms with Crippen molar-refractivity contribution in [1.29, 1.82) is 5.26 Å². The van der Waals surface area contributed by atoms with Crippen LogP contribution in [0, 0.1) is 18.3 Å². The third kappa shape index (κ3) is 2.73. The normalized spacial score (nSPS) is 10.3. The number of anilines is 1. The molecule has 0 aliphatic rings. The fourth-order valence-corrected chi connectivity index (χ4v) is 2.54. The molecule has 0 bridgehead atoms. The molecule has 102 valence electrons. The summed E-state index contributed by atoms with van der Waals surface area (Å²) in [4.78, 5) is 0. The molecule has 0 saturated heterocycles. The Morgan fingerprint density at radius 3 is 2.67 bits per heavy atom. The quantitative estimate of drug-likeness (QED) is 0.754. The highest BCUT2D eigenvalue weighted by molar-refractivity contribution is 5.85. The van der Waals surface area contributed by atoms with Crippen LogP contribution in [-0.4, -0.2) is 0 Å². The first-order valence-electron chi connectivity index (χ1n) is 6.99. The SMILES string of the molecule is Cc1ccc(NCc2cccc3ccccc23)c(C#N)c1. The van der Waals surface area contributed by atoms with Crippen molar-refractivity contribution in [2.75, 3.05) is 5.32 Å². The number of nitriles is 1. The van der Waals surface area contributed by atoms with Gasteiger partial charge < -0.3 is 5.32 Å². The molecule has 0 saturated carbocycles. The summed E-state index contributed by atoms with van der Waals surface area (Å²) in [5, 5.41) is 15.1. The van der Waals surface area contributed by atoms with Gasteiger partial charge in [-0.2, -0.15) is 5.26 Å². The average Bonchev–Trinajstić information content (AvgIpc) is 2.53. The van der Waals surface area contributed by atoms with Gasteiger partial charge in [0.05, 0.1) is 11.3 Å². The maximum atomic E-state index is 9.22. The Kier molecular flexibility index (Phi) is 3.57. The van der Waals surface area contributed by atoms with E-state index in [2.05, 4.69) is 47.8 Å². The summed E-state index contributed by atoms with van der Waals surface area (Å²) in [6.45, 7) is 2.70. The first-order chi connectivity index (χ1) is 10.3. The minimum atomic E-state index is 0.690. The molecule has 21 heavy (non-hydrogen) atoms. The van der Waals surface area contributed by atoms with Crippen LogP contribution >= 0.6 is 0 Å². The van der Waals surface area contributed by atoms with Gasteiger partial charge in [-0.25, -0.2) is 0 Å². The Hall–Kier alpha value is -2.79. The number of nitrogens with one attached hydrogen (secondary N) is 1. The maximum absolute atomic E-state index is 9.22. The highest BCUT2D eigenvalue weighted by atomic mass is 14.9. The van der Waals surface area contributed by atoms with Gasteiger partial charge in [0.25, 0.3) is 0 Å². The van der Waals surface area contributed by atoms with Crippen molar-refractivity contribution >= 4 is 16.5 Å². The number of hydrogen-bond donors (Lipinski definition) is 1.